The number of thiazole rings is 1. The maximum Gasteiger partial charge on any atom is 0.434 e. The van der Waals surface area contributed by atoms with Gasteiger partial charge in [0.05, 0.1) is 19.2 Å². The van der Waals surface area contributed by atoms with Crippen LogP contribution in [0.4, 0.5) is 18.3 Å². The summed E-state index contributed by atoms with van der Waals surface area (Å²) in [6.45, 7) is 2.76. The maximum atomic E-state index is 12.7. The second-order valence-corrected chi connectivity index (χ2v) is 6.66. The van der Waals surface area contributed by atoms with E-state index in [9.17, 15) is 13.2 Å². The summed E-state index contributed by atoms with van der Waals surface area (Å²) in [4.78, 5) is 5.60. The Morgan fingerprint density at radius 2 is 2.17 bits per heavy atom. The fraction of sp³-hybridized carbons (Fsp3) is 0.400. The summed E-state index contributed by atoms with van der Waals surface area (Å²) in [6.07, 6.45) is -4.67. The highest BCUT2D eigenvalue weighted by Crippen LogP contribution is 2.36. The molecule has 23 heavy (non-hydrogen) atoms. The predicted molar refractivity (Wildman–Crippen MR) is 84.1 cm³/mol. The summed E-state index contributed by atoms with van der Waals surface area (Å²) < 4.78 is 44.0. The zero-order valence-electron chi connectivity index (χ0n) is 12.2. The largest absolute Gasteiger partial charge is 0.434 e. The molecule has 0 spiro atoms. The van der Waals surface area contributed by atoms with Crippen molar-refractivity contribution in [1.82, 2.24) is 4.98 Å². The van der Waals surface area contributed by atoms with Gasteiger partial charge in [-0.25, -0.2) is 4.98 Å². The standard InChI is InChI=1S/C15H14ClF3N2OS/c1-9-7-22-12(10-3-2-4-11(16)5-10)6-21(9)14-20-13(8-23-14)15(17,18)19/h2-5,8-9,12H,6-7H2,1H3. The number of rotatable bonds is 2. The van der Waals surface area contributed by atoms with Crippen molar-refractivity contribution in [2.24, 2.45) is 0 Å². The second-order valence-electron chi connectivity index (χ2n) is 5.39. The molecule has 2 unspecified atom stereocenters. The Kier molecular flexibility index (Phi) is 4.53. The van der Waals surface area contributed by atoms with E-state index in [4.69, 9.17) is 16.3 Å². The highest BCUT2D eigenvalue weighted by molar-refractivity contribution is 7.13. The van der Waals surface area contributed by atoms with Crippen LogP contribution in [0.25, 0.3) is 0 Å². The fourth-order valence-corrected chi connectivity index (χ4v) is 3.60. The summed E-state index contributed by atoms with van der Waals surface area (Å²) in [6, 6.07) is 7.26. The number of benzene rings is 1. The van der Waals surface area contributed by atoms with Gasteiger partial charge in [0.15, 0.2) is 10.8 Å². The molecule has 1 aromatic carbocycles. The SMILES string of the molecule is CC1COC(c2cccc(Cl)c2)CN1c1nc(C(F)(F)F)cs1. The van der Waals surface area contributed by atoms with Gasteiger partial charge in [-0.05, 0) is 24.6 Å². The van der Waals surface area contributed by atoms with Crippen LogP contribution in [0.1, 0.15) is 24.3 Å². The third-order valence-electron chi connectivity index (χ3n) is 3.68. The number of halogens is 4. The molecule has 3 rings (SSSR count). The number of hydrogen-bond acceptors (Lipinski definition) is 4. The molecule has 0 N–H and O–H groups in total. The molecule has 124 valence electrons. The van der Waals surface area contributed by atoms with Crippen LogP contribution in [0.3, 0.4) is 0 Å². The second kappa shape index (κ2) is 6.30. The van der Waals surface area contributed by atoms with Crippen LogP contribution in [-0.2, 0) is 10.9 Å². The molecule has 1 aliphatic heterocycles. The van der Waals surface area contributed by atoms with Crippen molar-refractivity contribution in [2.75, 3.05) is 18.1 Å². The van der Waals surface area contributed by atoms with E-state index in [0.29, 0.717) is 23.3 Å². The minimum atomic E-state index is -4.42. The molecule has 0 bridgehead atoms. The Bertz CT molecular complexity index is 691. The monoisotopic (exact) mass is 362 g/mol. The molecular weight excluding hydrogens is 349 g/mol. The summed E-state index contributed by atoms with van der Waals surface area (Å²) in [5.41, 5.74) is 0.0532. The number of anilines is 1. The first-order valence-corrected chi connectivity index (χ1v) is 8.27. The Balaban J connectivity index is 1.82. The van der Waals surface area contributed by atoms with E-state index in [0.717, 1.165) is 22.3 Å². The summed E-state index contributed by atoms with van der Waals surface area (Å²) in [7, 11) is 0. The Labute approximate surface area is 140 Å². The van der Waals surface area contributed by atoms with Gasteiger partial charge < -0.3 is 9.64 Å². The van der Waals surface area contributed by atoms with Crippen molar-refractivity contribution in [3.8, 4) is 0 Å². The van der Waals surface area contributed by atoms with Crippen molar-refractivity contribution < 1.29 is 17.9 Å². The van der Waals surface area contributed by atoms with Crippen molar-refractivity contribution in [1.29, 1.82) is 0 Å². The maximum absolute atomic E-state index is 12.7. The lowest BCUT2D eigenvalue weighted by atomic mass is 10.1. The molecule has 0 amide bonds. The van der Waals surface area contributed by atoms with Crippen LogP contribution >= 0.6 is 22.9 Å². The number of aromatic nitrogens is 1. The lowest BCUT2D eigenvalue weighted by Crippen LogP contribution is -2.45. The minimum Gasteiger partial charge on any atom is -0.370 e. The van der Waals surface area contributed by atoms with Gasteiger partial charge in [0.25, 0.3) is 0 Å². The van der Waals surface area contributed by atoms with E-state index in [1.807, 2.05) is 30.0 Å². The topological polar surface area (TPSA) is 25.4 Å². The van der Waals surface area contributed by atoms with E-state index < -0.39 is 11.9 Å². The molecule has 0 aliphatic carbocycles. The van der Waals surface area contributed by atoms with Crippen molar-refractivity contribution in [3.05, 3.63) is 45.9 Å². The fourth-order valence-electron chi connectivity index (χ4n) is 2.46. The molecule has 2 aromatic rings. The molecule has 1 fully saturated rings. The molecule has 2 atom stereocenters. The van der Waals surface area contributed by atoms with Gasteiger partial charge in [0.2, 0.25) is 0 Å². The number of morpholine rings is 1. The lowest BCUT2D eigenvalue weighted by Gasteiger charge is -2.38. The van der Waals surface area contributed by atoms with Gasteiger partial charge in [0.1, 0.15) is 6.10 Å². The number of alkyl halides is 3. The molecule has 1 aliphatic rings. The number of hydrogen-bond donors (Lipinski definition) is 0. The van der Waals surface area contributed by atoms with Gasteiger partial charge in [-0.15, -0.1) is 11.3 Å². The highest BCUT2D eigenvalue weighted by atomic mass is 35.5. The molecule has 8 heteroatoms. The normalized spacial score (nSPS) is 22.4. The third-order valence-corrected chi connectivity index (χ3v) is 4.79. The number of nitrogens with zero attached hydrogens (tertiary/aromatic N) is 2. The summed E-state index contributed by atoms with van der Waals surface area (Å²) in [5.74, 6) is 0. The van der Waals surface area contributed by atoms with E-state index in [1.165, 1.54) is 0 Å². The molecule has 0 saturated carbocycles. The van der Waals surface area contributed by atoms with Crippen LogP contribution in [0, 0.1) is 0 Å². The van der Waals surface area contributed by atoms with Gasteiger partial charge in [-0.1, -0.05) is 23.7 Å². The van der Waals surface area contributed by atoms with E-state index in [1.54, 1.807) is 6.07 Å². The number of ether oxygens (including phenoxy) is 1. The smallest absolute Gasteiger partial charge is 0.370 e. The lowest BCUT2D eigenvalue weighted by molar-refractivity contribution is -0.140. The van der Waals surface area contributed by atoms with Crippen LogP contribution in [0.5, 0.6) is 0 Å². The van der Waals surface area contributed by atoms with Crippen molar-refractivity contribution in [3.63, 3.8) is 0 Å². The zero-order chi connectivity index (χ0) is 16.6. The Morgan fingerprint density at radius 3 is 2.83 bits per heavy atom. The molecule has 2 heterocycles. The summed E-state index contributed by atoms with van der Waals surface area (Å²) >= 11 is 7.00. The van der Waals surface area contributed by atoms with Gasteiger partial charge >= 0.3 is 6.18 Å². The van der Waals surface area contributed by atoms with Crippen molar-refractivity contribution in [2.45, 2.75) is 25.2 Å². The van der Waals surface area contributed by atoms with Gasteiger partial charge in [0, 0.05) is 10.4 Å². The average Bonchev–Trinajstić information content (AvgIpc) is 2.97. The first kappa shape index (κ1) is 16.5. The quantitative estimate of drug-likeness (QED) is 0.768. The van der Waals surface area contributed by atoms with Crippen LogP contribution in [0.2, 0.25) is 5.02 Å². The minimum absolute atomic E-state index is 0.0438. The van der Waals surface area contributed by atoms with Crippen LogP contribution < -0.4 is 4.90 Å². The van der Waals surface area contributed by atoms with Crippen molar-refractivity contribution >= 4 is 28.1 Å². The third kappa shape index (κ3) is 3.62. The first-order valence-electron chi connectivity index (χ1n) is 7.01. The van der Waals surface area contributed by atoms with E-state index in [2.05, 4.69) is 4.98 Å². The van der Waals surface area contributed by atoms with Crippen LogP contribution in [-0.4, -0.2) is 24.2 Å². The Morgan fingerprint density at radius 1 is 1.39 bits per heavy atom. The molecule has 3 nitrogen and oxygen atoms in total. The predicted octanol–water partition coefficient (Wildman–Crippen LogP) is 4.78. The zero-order valence-corrected chi connectivity index (χ0v) is 13.8. The van der Waals surface area contributed by atoms with E-state index in [-0.39, 0.29) is 12.1 Å². The van der Waals surface area contributed by atoms with Gasteiger partial charge in [-0.2, -0.15) is 13.2 Å². The molecule has 1 saturated heterocycles. The molecule has 0 radical (unpaired) electrons. The highest BCUT2D eigenvalue weighted by Gasteiger charge is 2.36. The van der Waals surface area contributed by atoms with Gasteiger partial charge in [-0.3, -0.25) is 0 Å². The van der Waals surface area contributed by atoms with Crippen LogP contribution in [0.15, 0.2) is 29.6 Å². The van der Waals surface area contributed by atoms with E-state index >= 15 is 0 Å². The first-order chi connectivity index (χ1) is 10.8. The molecule has 1 aromatic heterocycles. The Hall–Kier alpha value is -1.31. The summed E-state index contributed by atoms with van der Waals surface area (Å²) in [5, 5.41) is 2.01. The molecular formula is C15H14ClF3N2OS. The average molecular weight is 363 g/mol.